The van der Waals surface area contributed by atoms with Crippen molar-refractivity contribution in [3.63, 3.8) is 0 Å². The van der Waals surface area contributed by atoms with Gasteiger partial charge in [0.15, 0.2) is 0 Å². The van der Waals surface area contributed by atoms with E-state index in [9.17, 15) is 4.79 Å². The summed E-state index contributed by atoms with van der Waals surface area (Å²) in [5.41, 5.74) is 0.692. The SMILES string of the molecule is COCc1[nH]n(C)c(=O)c1Br. The van der Waals surface area contributed by atoms with Crippen LogP contribution in [-0.2, 0) is 18.4 Å². The van der Waals surface area contributed by atoms with Gasteiger partial charge in [0, 0.05) is 14.2 Å². The van der Waals surface area contributed by atoms with Crippen LogP contribution < -0.4 is 5.56 Å². The second kappa shape index (κ2) is 3.23. The zero-order valence-corrected chi connectivity index (χ0v) is 7.93. The van der Waals surface area contributed by atoms with Gasteiger partial charge in [-0.1, -0.05) is 0 Å². The maximum atomic E-state index is 11.1. The van der Waals surface area contributed by atoms with Gasteiger partial charge in [-0.25, -0.2) is 0 Å². The molecule has 0 aromatic carbocycles. The number of rotatable bonds is 2. The largest absolute Gasteiger partial charge is 0.378 e. The number of H-pyrrole nitrogens is 1. The lowest BCUT2D eigenvalue weighted by Gasteiger charge is -1.93. The zero-order valence-electron chi connectivity index (χ0n) is 6.35. The van der Waals surface area contributed by atoms with E-state index in [0.717, 1.165) is 5.69 Å². The van der Waals surface area contributed by atoms with Crippen LogP contribution in [0, 0.1) is 0 Å². The summed E-state index contributed by atoms with van der Waals surface area (Å²) in [5.74, 6) is 0. The summed E-state index contributed by atoms with van der Waals surface area (Å²) in [4.78, 5) is 11.1. The van der Waals surface area contributed by atoms with Crippen molar-refractivity contribution in [2.24, 2.45) is 7.05 Å². The molecule has 1 aromatic rings. The molecule has 0 bridgehead atoms. The molecule has 11 heavy (non-hydrogen) atoms. The van der Waals surface area contributed by atoms with Crippen molar-refractivity contribution in [1.82, 2.24) is 9.78 Å². The predicted molar refractivity (Wildman–Crippen MR) is 44.4 cm³/mol. The second-order valence-electron chi connectivity index (χ2n) is 2.20. The molecule has 0 atom stereocenters. The molecule has 1 heterocycles. The van der Waals surface area contributed by atoms with E-state index in [1.165, 1.54) is 4.68 Å². The van der Waals surface area contributed by atoms with Crippen LogP contribution >= 0.6 is 15.9 Å². The van der Waals surface area contributed by atoms with E-state index in [2.05, 4.69) is 21.0 Å². The van der Waals surface area contributed by atoms with Gasteiger partial charge in [-0.2, -0.15) is 0 Å². The number of aromatic nitrogens is 2. The van der Waals surface area contributed by atoms with Gasteiger partial charge in [0.1, 0.15) is 4.47 Å². The highest BCUT2D eigenvalue weighted by Gasteiger charge is 2.07. The van der Waals surface area contributed by atoms with Gasteiger partial charge in [0.05, 0.1) is 12.3 Å². The Morgan fingerprint density at radius 3 is 2.73 bits per heavy atom. The Balaban J connectivity index is 3.08. The fourth-order valence-corrected chi connectivity index (χ4v) is 1.29. The first-order chi connectivity index (χ1) is 5.16. The molecule has 1 N–H and O–H groups in total. The molecule has 0 saturated heterocycles. The summed E-state index contributed by atoms with van der Waals surface area (Å²) in [6.45, 7) is 0.413. The fraction of sp³-hybridized carbons (Fsp3) is 0.500. The van der Waals surface area contributed by atoms with Crippen molar-refractivity contribution < 1.29 is 4.74 Å². The Bertz CT molecular complexity index is 302. The van der Waals surface area contributed by atoms with Crippen LogP contribution in [0.3, 0.4) is 0 Å². The fourth-order valence-electron chi connectivity index (χ4n) is 0.819. The molecule has 4 nitrogen and oxygen atoms in total. The van der Waals surface area contributed by atoms with Gasteiger partial charge >= 0.3 is 0 Å². The summed E-state index contributed by atoms with van der Waals surface area (Å²) < 4.78 is 6.81. The second-order valence-corrected chi connectivity index (χ2v) is 2.99. The predicted octanol–water partition coefficient (Wildman–Crippen LogP) is 0.622. The Morgan fingerprint density at radius 1 is 1.73 bits per heavy atom. The van der Waals surface area contributed by atoms with Crippen LogP contribution in [0.1, 0.15) is 5.69 Å². The van der Waals surface area contributed by atoms with E-state index in [4.69, 9.17) is 4.74 Å². The number of aryl methyl sites for hydroxylation is 1. The number of methoxy groups -OCH3 is 1. The number of nitrogens with zero attached hydrogens (tertiary/aromatic N) is 1. The van der Waals surface area contributed by atoms with Gasteiger partial charge < -0.3 is 4.74 Å². The van der Waals surface area contributed by atoms with Crippen molar-refractivity contribution in [1.29, 1.82) is 0 Å². The van der Waals surface area contributed by atoms with E-state index < -0.39 is 0 Å². The van der Waals surface area contributed by atoms with E-state index >= 15 is 0 Å². The van der Waals surface area contributed by atoms with Crippen molar-refractivity contribution in [3.8, 4) is 0 Å². The monoisotopic (exact) mass is 220 g/mol. The molecule has 0 spiro atoms. The van der Waals surface area contributed by atoms with E-state index in [1.807, 2.05) is 0 Å². The molecule has 5 heteroatoms. The highest BCUT2D eigenvalue weighted by atomic mass is 79.9. The molecule has 0 amide bonds. The Labute approximate surface area is 72.3 Å². The number of halogens is 1. The summed E-state index contributed by atoms with van der Waals surface area (Å²) in [6, 6.07) is 0. The topological polar surface area (TPSA) is 47.0 Å². The third kappa shape index (κ3) is 1.54. The Morgan fingerprint density at radius 2 is 2.36 bits per heavy atom. The summed E-state index contributed by atoms with van der Waals surface area (Å²) in [5, 5.41) is 2.85. The van der Waals surface area contributed by atoms with Crippen LogP contribution in [0.2, 0.25) is 0 Å². The molecular formula is C6H9BrN2O2. The van der Waals surface area contributed by atoms with Crippen molar-refractivity contribution >= 4 is 15.9 Å². The molecule has 0 radical (unpaired) electrons. The van der Waals surface area contributed by atoms with Gasteiger partial charge in [-0.15, -0.1) is 0 Å². The lowest BCUT2D eigenvalue weighted by Crippen LogP contribution is -2.11. The summed E-state index contributed by atoms with van der Waals surface area (Å²) in [6.07, 6.45) is 0. The number of hydrogen-bond donors (Lipinski definition) is 1. The molecular weight excluding hydrogens is 212 g/mol. The molecule has 0 aliphatic heterocycles. The highest BCUT2D eigenvalue weighted by Crippen LogP contribution is 2.09. The number of aromatic amines is 1. The van der Waals surface area contributed by atoms with E-state index in [-0.39, 0.29) is 5.56 Å². The van der Waals surface area contributed by atoms with Crippen molar-refractivity contribution in [3.05, 3.63) is 20.5 Å². The van der Waals surface area contributed by atoms with E-state index in [0.29, 0.717) is 11.1 Å². The first-order valence-corrected chi connectivity index (χ1v) is 3.88. The molecule has 0 saturated carbocycles. The summed E-state index contributed by atoms with van der Waals surface area (Å²) >= 11 is 3.16. The van der Waals surface area contributed by atoms with Crippen LogP contribution in [0.15, 0.2) is 9.27 Å². The summed E-state index contributed by atoms with van der Waals surface area (Å²) in [7, 11) is 3.24. The van der Waals surface area contributed by atoms with Gasteiger partial charge in [0.2, 0.25) is 0 Å². The molecule has 62 valence electrons. The van der Waals surface area contributed by atoms with Crippen molar-refractivity contribution in [2.75, 3.05) is 7.11 Å². The molecule has 0 aliphatic rings. The van der Waals surface area contributed by atoms with Crippen LogP contribution in [0.25, 0.3) is 0 Å². The molecule has 0 unspecified atom stereocenters. The number of hydrogen-bond acceptors (Lipinski definition) is 2. The van der Waals surface area contributed by atoms with Gasteiger partial charge in [-0.3, -0.25) is 14.6 Å². The third-order valence-electron chi connectivity index (χ3n) is 1.35. The number of nitrogens with one attached hydrogen (secondary N) is 1. The van der Waals surface area contributed by atoms with Crippen LogP contribution in [0.5, 0.6) is 0 Å². The first kappa shape index (κ1) is 8.55. The average molecular weight is 221 g/mol. The smallest absolute Gasteiger partial charge is 0.280 e. The van der Waals surface area contributed by atoms with Gasteiger partial charge in [0.25, 0.3) is 5.56 Å². The van der Waals surface area contributed by atoms with E-state index in [1.54, 1.807) is 14.2 Å². The average Bonchev–Trinajstić information content (AvgIpc) is 2.19. The van der Waals surface area contributed by atoms with Gasteiger partial charge in [-0.05, 0) is 15.9 Å². The van der Waals surface area contributed by atoms with Crippen LogP contribution in [-0.4, -0.2) is 16.9 Å². The molecule has 1 rings (SSSR count). The number of ether oxygens (including phenoxy) is 1. The lowest BCUT2D eigenvalue weighted by atomic mass is 10.5. The molecule has 0 fully saturated rings. The maximum Gasteiger partial charge on any atom is 0.280 e. The van der Waals surface area contributed by atoms with Crippen LogP contribution in [0.4, 0.5) is 0 Å². The molecule has 1 aromatic heterocycles. The minimum absolute atomic E-state index is 0.0722. The Hall–Kier alpha value is -0.550. The standard InChI is InChI=1S/C6H9BrN2O2/c1-9-6(10)5(7)4(8-9)3-11-2/h8H,3H2,1-2H3. The molecule has 0 aliphatic carbocycles. The van der Waals surface area contributed by atoms with Crippen molar-refractivity contribution in [2.45, 2.75) is 6.61 Å². The maximum absolute atomic E-state index is 11.1. The minimum atomic E-state index is -0.0722. The first-order valence-electron chi connectivity index (χ1n) is 3.09. The normalized spacial score (nSPS) is 10.5. The quantitative estimate of drug-likeness (QED) is 0.795. The Kier molecular flexibility index (Phi) is 2.51. The lowest BCUT2D eigenvalue weighted by molar-refractivity contribution is 0.180. The highest BCUT2D eigenvalue weighted by molar-refractivity contribution is 9.10. The minimum Gasteiger partial charge on any atom is -0.378 e. The zero-order chi connectivity index (χ0) is 8.43. The third-order valence-corrected chi connectivity index (χ3v) is 2.17.